The molecule has 0 aromatic heterocycles. The van der Waals surface area contributed by atoms with E-state index < -0.39 is 5.67 Å². The van der Waals surface area contributed by atoms with E-state index in [1.54, 1.807) is 0 Å². The Hall–Kier alpha value is -0.150. The molecule has 0 atom stereocenters. The van der Waals surface area contributed by atoms with Crippen molar-refractivity contribution in [2.24, 2.45) is 0 Å². The number of piperidine rings is 1. The molecule has 2 heterocycles. The van der Waals surface area contributed by atoms with E-state index in [2.05, 4.69) is 23.6 Å². The second kappa shape index (κ2) is 6.85. The monoisotopic (exact) mass is 258 g/mol. The highest BCUT2D eigenvalue weighted by Crippen LogP contribution is 2.33. The van der Waals surface area contributed by atoms with Gasteiger partial charge in [-0.05, 0) is 46.2 Å². The van der Waals surface area contributed by atoms with Crippen LogP contribution in [0.5, 0.6) is 0 Å². The van der Waals surface area contributed by atoms with Gasteiger partial charge in [0.25, 0.3) is 0 Å². The predicted octanol–water partition coefficient (Wildman–Crippen LogP) is 3.32. The molecule has 2 nitrogen and oxygen atoms in total. The first kappa shape index (κ1) is 15.9. The van der Waals surface area contributed by atoms with Crippen molar-refractivity contribution in [2.75, 3.05) is 26.2 Å². The summed E-state index contributed by atoms with van der Waals surface area (Å²) >= 11 is 0. The zero-order valence-electron chi connectivity index (χ0n) is 12.9. The van der Waals surface area contributed by atoms with Crippen LogP contribution >= 0.6 is 0 Å². The summed E-state index contributed by atoms with van der Waals surface area (Å²) in [6, 6.07) is 1.30. The lowest BCUT2D eigenvalue weighted by molar-refractivity contribution is -0.0726. The van der Waals surface area contributed by atoms with E-state index in [-0.39, 0.29) is 0 Å². The maximum atomic E-state index is 13.8. The normalized spacial score (nSPS) is 25.5. The van der Waals surface area contributed by atoms with E-state index in [1.807, 2.05) is 20.8 Å². The van der Waals surface area contributed by atoms with Crippen molar-refractivity contribution >= 4 is 0 Å². The molecule has 18 heavy (non-hydrogen) atoms. The Kier molecular flexibility index (Phi) is 6.06. The summed E-state index contributed by atoms with van der Waals surface area (Å²) in [5.41, 5.74) is -0.866. The Morgan fingerprint density at radius 2 is 1.67 bits per heavy atom. The summed E-state index contributed by atoms with van der Waals surface area (Å²) in [6.07, 6.45) is 3.12. The first-order valence-corrected chi connectivity index (χ1v) is 7.71. The van der Waals surface area contributed by atoms with Crippen molar-refractivity contribution in [3.63, 3.8) is 0 Å². The zero-order chi connectivity index (χ0) is 13.8. The van der Waals surface area contributed by atoms with Gasteiger partial charge in [-0.25, -0.2) is 4.39 Å². The second-order valence-corrected chi connectivity index (χ2v) is 5.77. The van der Waals surface area contributed by atoms with Gasteiger partial charge in [-0.2, -0.15) is 0 Å². The number of nitrogens with zero attached hydrogens (tertiary/aromatic N) is 2. The van der Waals surface area contributed by atoms with Crippen LogP contribution < -0.4 is 0 Å². The lowest BCUT2D eigenvalue weighted by Crippen LogP contribution is -2.63. The smallest absolute Gasteiger partial charge is 0.136 e. The average molecular weight is 258 g/mol. The van der Waals surface area contributed by atoms with Crippen LogP contribution in [-0.2, 0) is 0 Å². The molecule has 0 aromatic carbocycles. The van der Waals surface area contributed by atoms with Crippen molar-refractivity contribution in [2.45, 2.75) is 71.6 Å². The van der Waals surface area contributed by atoms with Gasteiger partial charge in [0.1, 0.15) is 5.67 Å². The highest BCUT2D eigenvalue weighted by atomic mass is 19.1. The average Bonchev–Trinajstić information content (AvgIpc) is 2.37. The zero-order valence-corrected chi connectivity index (χ0v) is 12.9. The third kappa shape index (κ3) is 3.67. The lowest BCUT2D eigenvalue weighted by atomic mass is 9.89. The number of rotatable bonds is 3. The van der Waals surface area contributed by atoms with Crippen LogP contribution in [0.2, 0.25) is 0 Å². The standard InChI is InChI=1S/C13H25FN2.C2H6/c1-4-13(14)9-16(10-13)12-5-7-15(8-6-12)11(2)3;1-2/h11-12H,4-10H2,1-3H3;1-2H3. The summed E-state index contributed by atoms with van der Waals surface area (Å²) in [5.74, 6) is 0. The lowest BCUT2D eigenvalue weighted by Gasteiger charge is -2.50. The summed E-state index contributed by atoms with van der Waals surface area (Å²) in [5, 5.41) is 0. The first-order chi connectivity index (χ1) is 8.54. The van der Waals surface area contributed by atoms with Crippen LogP contribution in [0.15, 0.2) is 0 Å². The molecule has 2 aliphatic heterocycles. The van der Waals surface area contributed by atoms with E-state index in [9.17, 15) is 4.39 Å². The molecular weight excluding hydrogens is 227 g/mol. The molecule has 0 amide bonds. The molecule has 0 bridgehead atoms. The van der Waals surface area contributed by atoms with Gasteiger partial charge in [0.05, 0.1) is 0 Å². The van der Waals surface area contributed by atoms with Crippen LogP contribution in [-0.4, -0.2) is 53.7 Å². The van der Waals surface area contributed by atoms with Crippen LogP contribution in [0, 0.1) is 0 Å². The summed E-state index contributed by atoms with van der Waals surface area (Å²) < 4.78 is 13.8. The van der Waals surface area contributed by atoms with Crippen LogP contribution in [0.3, 0.4) is 0 Å². The van der Waals surface area contributed by atoms with Gasteiger partial charge in [-0.3, -0.25) is 4.90 Å². The van der Waals surface area contributed by atoms with E-state index in [0.29, 0.717) is 31.6 Å². The number of hydrogen-bond acceptors (Lipinski definition) is 2. The minimum Gasteiger partial charge on any atom is -0.301 e. The molecule has 108 valence electrons. The predicted molar refractivity (Wildman–Crippen MR) is 76.8 cm³/mol. The molecule has 2 saturated heterocycles. The topological polar surface area (TPSA) is 6.48 Å². The fourth-order valence-corrected chi connectivity index (χ4v) is 2.93. The van der Waals surface area contributed by atoms with E-state index in [1.165, 1.54) is 25.9 Å². The van der Waals surface area contributed by atoms with Gasteiger partial charge < -0.3 is 4.90 Å². The maximum Gasteiger partial charge on any atom is 0.136 e. The highest BCUT2D eigenvalue weighted by molar-refractivity contribution is 4.98. The number of halogens is 1. The Balaban J connectivity index is 0.000000771. The van der Waals surface area contributed by atoms with Gasteiger partial charge in [0, 0.05) is 25.2 Å². The maximum absolute atomic E-state index is 13.8. The Bertz CT molecular complexity index is 229. The number of hydrogen-bond donors (Lipinski definition) is 0. The molecule has 2 aliphatic rings. The van der Waals surface area contributed by atoms with E-state index >= 15 is 0 Å². The summed E-state index contributed by atoms with van der Waals surface area (Å²) in [7, 11) is 0. The molecule has 0 saturated carbocycles. The molecule has 0 unspecified atom stereocenters. The fraction of sp³-hybridized carbons (Fsp3) is 1.00. The van der Waals surface area contributed by atoms with Crippen molar-refractivity contribution in [3.8, 4) is 0 Å². The Labute approximate surface area is 113 Å². The van der Waals surface area contributed by atoms with Crippen LogP contribution in [0.25, 0.3) is 0 Å². The summed E-state index contributed by atoms with van der Waals surface area (Å²) in [6.45, 7) is 14.2. The molecule has 0 aliphatic carbocycles. The molecule has 0 radical (unpaired) electrons. The second-order valence-electron chi connectivity index (χ2n) is 5.77. The SMILES string of the molecule is CC.CCC1(F)CN(C2CCN(C(C)C)CC2)C1. The molecule has 2 fully saturated rings. The molecule has 0 aromatic rings. The van der Waals surface area contributed by atoms with Gasteiger partial charge in [0.2, 0.25) is 0 Å². The first-order valence-electron chi connectivity index (χ1n) is 7.71. The third-order valence-corrected chi connectivity index (χ3v) is 4.35. The van der Waals surface area contributed by atoms with Gasteiger partial charge >= 0.3 is 0 Å². The molecular formula is C15H31FN2. The Morgan fingerprint density at radius 1 is 1.17 bits per heavy atom. The number of alkyl halides is 1. The number of likely N-dealkylation sites (tertiary alicyclic amines) is 2. The van der Waals surface area contributed by atoms with Crippen molar-refractivity contribution in [1.29, 1.82) is 0 Å². The fourth-order valence-electron chi connectivity index (χ4n) is 2.93. The molecule has 2 rings (SSSR count). The quantitative estimate of drug-likeness (QED) is 0.766. The van der Waals surface area contributed by atoms with Gasteiger partial charge in [-0.15, -0.1) is 0 Å². The van der Waals surface area contributed by atoms with E-state index in [0.717, 1.165) is 0 Å². The summed E-state index contributed by atoms with van der Waals surface area (Å²) in [4.78, 5) is 4.87. The van der Waals surface area contributed by atoms with E-state index in [4.69, 9.17) is 0 Å². The Morgan fingerprint density at radius 3 is 2.06 bits per heavy atom. The molecule has 3 heteroatoms. The van der Waals surface area contributed by atoms with Gasteiger partial charge in [-0.1, -0.05) is 20.8 Å². The molecule has 0 N–H and O–H groups in total. The highest BCUT2D eigenvalue weighted by Gasteiger charge is 2.44. The van der Waals surface area contributed by atoms with Crippen LogP contribution in [0.4, 0.5) is 4.39 Å². The van der Waals surface area contributed by atoms with Crippen molar-refractivity contribution < 1.29 is 4.39 Å². The van der Waals surface area contributed by atoms with Crippen molar-refractivity contribution in [3.05, 3.63) is 0 Å². The van der Waals surface area contributed by atoms with Crippen molar-refractivity contribution in [1.82, 2.24) is 9.80 Å². The minimum absolute atomic E-state index is 0.644. The minimum atomic E-state index is -0.866. The largest absolute Gasteiger partial charge is 0.301 e. The molecule has 0 spiro atoms. The third-order valence-electron chi connectivity index (χ3n) is 4.35. The van der Waals surface area contributed by atoms with Crippen LogP contribution in [0.1, 0.15) is 53.9 Å². The van der Waals surface area contributed by atoms with Gasteiger partial charge in [0.15, 0.2) is 0 Å².